The number of esters is 2. The SMILES string of the molecule is CCOC(=O)C(C[C@H](Br)c1ccccc1)C(=O)OCC. The lowest BCUT2D eigenvalue weighted by molar-refractivity contribution is -0.161. The summed E-state index contributed by atoms with van der Waals surface area (Å²) in [4.78, 5) is 23.7. The first-order valence-electron chi connectivity index (χ1n) is 6.62. The molecule has 1 rings (SSSR count). The van der Waals surface area contributed by atoms with E-state index < -0.39 is 17.9 Å². The number of benzene rings is 1. The number of halogens is 1. The van der Waals surface area contributed by atoms with Crippen molar-refractivity contribution in [1.29, 1.82) is 0 Å². The van der Waals surface area contributed by atoms with Crippen LogP contribution >= 0.6 is 15.9 Å². The monoisotopic (exact) mass is 342 g/mol. The van der Waals surface area contributed by atoms with E-state index >= 15 is 0 Å². The lowest BCUT2D eigenvalue weighted by Gasteiger charge is -2.17. The first kappa shape index (κ1) is 16.7. The van der Waals surface area contributed by atoms with E-state index in [1.165, 1.54) is 0 Å². The van der Waals surface area contributed by atoms with Crippen molar-refractivity contribution >= 4 is 27.9 Å². The van der Waals surface area contributed by atoms with Crippen LogP contribution in [0.4, 0.5) is 0 Å². The van der Waals surface area contributed by atoms with Gasteiger partial charge in [-0.1, -0.05) is 46.3 Å². The molecular formula is C15H19BrO4. The molecule has 0 aliphatic heterocycles. The Morgan fingerprint density at radius 3 is 2.00 bits per heavy atom. The van der Waals surface area contributed by atoms with Gasteiger partial charge >= 0.3 is 11.9 Å². The van der Waals surface area contributed by atoms with Gasteiger partial charge in [0.2, 0.25) is 0 Å². The first-order valence-corrected chi connectivity index (χ1v) is 7.54. The third kappa shape index (κ3) is 4.96. The fourth-order valence-corrected chi connectivity index (χ4v) is 2.46. The van der Waals surface area contributed by atoms with Crippen LogP contribution in [0.25, 0.3) is 0 Å². The zero-order valence-corrected chi connectivity index (χ0v) is 13.3. The van der Waals surface area contributed by atoms with Crippen LogP contribution in [0.3, 0.4) is 0 Å². The van der Waals surface area contributed by atoms with Crippen molar-refractivity contribution < 1.29 is 19.1 Å². The molecule has 4 nitrogen and oxygen atoms in total. The molecule has 0 aliphatic rings. The fourth-order valence-electron chi connectivity index (χ4n) is 1.78. The van der Waals surface area contributed by atoms with Crippen LogP contribution in [0.1, 0.15) is 30.7 Å². The number of carbonyl (C=O) groups excluding carboxylic acids is 2. The molecule has 1 aromatic carbocycles. The molecule has 1 aromatic rings. The fraction of sp³-hybridized carbons (Fsp3) is 0.467. The zero-order valence-electron chi connectivity index (χ0n) is 11.7. The maximum atomic E-state index is 11.9. The summed E-state index contributed by atoms with van der Waals surface area (Å²) < 4.78 is 9.90. The summed E-state index contributed by atoms with van der Waals surface area (Å²) in [5.41, 5.74) is 1.01. The minimum Gasteiger partial charge on any atom is -0.465 e. The summed E-state index contributed by atoms with van der Waals surface area (Å²) in [6.07, 6.45) is 0.307. The van der Waals surface area contributed by atoms with Crippen molar-refractivity contribution in [2.75, 3.05) is 13.2 Å². The first-order chi connectivity index (χ1) is 9.60. The van der Waals surface area contributed by atoms with E-state index in [0.717, 1.165) is 5.56 Å². The Bertz CT molecular complexity index is 415. The Hall–Kier alpha value is -1.36. The molecule has 0 saturated heterocycles. The standard InChI is InChI=1S/C15H19BrO4/c1-3-19-14(17)12(15(18)20-4-2)10-13(16)11-8-6-5-7-9-11/h5-9,12-13H,3-4,10H2,1-2H3/t13-/m0/s1. The predicted molar refractivity (Wildman–Crippen MR) is 79.5 cm³/mol. The number of hydrogen-bond acceptors (Lipinski definition) is 4. The normalized spacial score (nSPS) is 12.0. The van der Waals surface area contributed by atoms with Crippen LogP contribution in [-0.2, 0) is 19.1 Å². The summed E-state index contributed by atoms with van der Waals surface area (Å²) in [6.45, 7) is 3.91. The summed E-state index contributed by atoms with van der Waals surface area (Å²) in [7, 11) is 0. The average molecular weight is 343 g/mol. The highest BCUT2D eigenvalue weighted by Crippen LogP contribution is 2.30. The number of carbonyl (C=O) groups is 2. The third-order valence-corrected chi connectivity index (χ3v) is 3.65. The molecule has 0 radical (unpaired) electrons. The molecule has 0 amide bonds. The van der Waals surface area contributed by atoms with Gasteiger partial charge in [0.25, 0.3) is 0 Å². The number of hydrogen-bond donors (Lipinski definition) is 0. The molecule has 0 unspecified atom stereocenters. The van der Waals surface area contributed by atoms with E-state index in [1.54, 1.807) is 13.8 Å². The molecule has 0 aromatic heterocycles. The van der Waals surface area contributed by atoms with Crippen molar-refractivity contribution in [3.63, 3.8) is 0 Å². The van der Waals surface area contributed by atoms with Crippen molar-refractivity contribution in [2.24, 2.45) is 5.92 Å². The summed E-state index contributed by atoms with van der Waals surface area (Å²) >= 11 is 3.51. The van der Waals surface area contributed by atoms with E-state index in [9.17, 15) is 9.59 Å². The van der Waals surface area contributed by atoms with Gasteiger partial charge in [-0.3, -0.25) is 9.59 Å². The highest BCUT2D eigenvalue weighted by atomic mass is 79.9. The average Bonchev–Trinajstić information content (AvgIpc) is 2.45. The minimum absolute atomic E-state index is 0.109. The maximum Gasteiger partial charge on any atom is 0.320 e. The van der Waals surface area contributed by atoms with Gasteiger partial charge in [-0.2, -0.15) is 0 Å². The van der Waals surface area contributed by atoms with Crippen LogP contribution in [-0.4, -0.2) is 25.2 Å². The quantitative estimate of drug-likeness (QED) is 0.433. The van der Waals surface area contributed by atoms with Gasteiger partial charge in [-0.05, 0) is 25.8 Å². The topological polar surface area (TPSA) is 52.6 Å². The molecule has 0 spiro atoms. The minimum atomic E-state index is -0.903. The molecular weight excluding hydrogens is 324 g/mol. The van der Waals surface area contributed by atoms with E-state index in [1.807, 2.05) is 30.3 Å². The van der Waals surface area contributed by atoms with Crippen molar-refractivity contribution in [3.05, 3.63) is 35.9 Å². The molecule has 20 heavy (non-hydrogen) atoms. The van der Waals surface area contributed by atoms with Gasteiger partial charge < -0.3 is 9.47 Å². The Morgan fingerprint density at radius 2 is 1.55 bits per heavy atom. The summed E-state index contributed by atoms with van der Waals surface area (Å²) in [5.74, 6) is -1.97. The van der Waals surface area contributed by atoms with Crippen LogP contribution in [0.2, 0.25) is 0 Å². The Morgan fingerprint density at radius 1 is 1.05 bits per heavy atom. The Balaban J connectivity index is 2.78. The molecule has 1 atom stereocenters. The van der Waals surface area contributed by atoms with Gasteiger partial charge in [0.1, 0.15) is 0 Å². The van der Waals surface area contributed by atoms with E-state index in [-0.39, 0.29) is 18.0 Å². The van der Waals surface area contributed by atoms with Gasteiger partial charge in [-0.15, -0.1) is 0 Å². The summed E-state index contributed by atoms with van der Waals surface area (Å²) in [5, 5.41) is 0. The van der Waals surface area contributed by atoms with Gasteiger partial charge in [0.05, 0.1) is 13.2 Å². The molecule has 5 heteroatoms. The van der Waals surface area contributed by atoms with Crippen molar-refractivity contribution in [2.45, 2.75) is 25.1 Å². The maximum absolute atomic E-state index is 11.9. The molecule has 0 aliphatic carbocycles. The van der Waals surface area contributed by atoms with E-state index in [0.29, 0.717) is 6.42 Å². The molecule has 0 saturated carbocycles. The van der Waals surface area contributed by atoms with Crippen LogP contribution in [0.5, 0.6) is 0 Å². The van der Waals surface area contributed by atoms with Crippen LogP contribution < -0.4 is 0 Å². The number of alkyl halides is 1. The molecule has 110 valence electrons. The largest absolute Gasteiger partial charge is 0.465 e. The molecule has 0 fully saturated rings. The highest BCUT2D eigenvalue weighted by molar-refractivity contribution is 9.09. The van der Waals surface area contributed by atoms with Crippen molar-refractivity contribution in [3.8, 4) is 0 Å². The second-order valence-corrected chi connectivity index (χ2v) is 5.28. The van der Waals surface area contributed by atoms with E-state index in [2.05, 4.69) is 15.9 Å². The van der Waals surface area contributed by atoms with Crippen molar-refractivity contribution in [1.82, 2.24) is 0 Å². The van der Waals surface area contributed by atoms with Crippen LogP contribution in [0, 0.1) is 5.92 Å². The predicted octanol–water partition coefficient (Wildman–Crippen LogP) is 3.26. The zero-order chi connectivity index (χ0) is 15.0. The number of ether oxygens (including phenoxy) is 2. The number of rotatable bonds is 7. The second kappa shape index (κ2) is 8.74. The van der Waals surface area contributed by atoms with Gasteiger partial charge in [-0.25, -0.2) is 0 Å². The smallest absolute Gasteiger partial charge is 0.320 e. The third-order valence-electron chi connectivity index (χ3n) is 2.75. The lowest BCUT2D eigenvalue weighted by atomic mass is 9.99. The summed E-state index contributed by atoms with van der Waals surface area (Å²) in [6, 6.07) is 9.61. The highest BCUT2D eigenvalue weighted by Gasteiger charge is 2.32. The Labute approximate surface area is 127 Å². The molecule has 0 heterocycles. The molecule has 0 N–H and O–H groups in total. The van der Waals surface area contributed by atoms with Crippen LogP contribution in [0.15, 0.2) is 30.3 Å². The Kier molecular flexibility index (Phi) is 7.30. The van der Waals surface area contributed by atoms with Gasteiger partial charge in [0, 0.05) is 4.83 Å². The molecule has 0 bridgehead atoms. The van der Waals surface area contributed by atoms with E-state index in [4.69, 9.17) is 9.47 Å². The lowest BCUT2D eigenvalue weighted by Crippen LogP contribution is -2.29. The second-order valence-electron chi connectivity index (χ2n) is 4.17. The van der Waals surface area contributed by atoms with Gasteiger partial charge in [0.15, 0.2) is 5.92 Å².